The van der Waals surface area contributed by atoms with Crippen LogP contribution in [0.1, 0.15) is 44.2 Å². The van der Waals surface area contributed by atoms with E-state index in [1.54, 1.807) is 0 Å². The highest BCUT2D eigenvalue weighted by Gasteiger charge is 2.36. The van der Waals surface area contributed by atoms with Crippen molar-refractivity contribution < 1.29 is 18.3 Å². The van der Waals surface area contributed by atoms with Gasteiger partial charge in [-0.3, -0.25) is 14.3 Å². The van der Waals surface area contributed by atoms with E-state index in [1.807, 2.05) is 0 Å². The van der Waals surface area contributed by atoms with E-state index >= 15 is 0 Å². The zero-order chi connectivity index (χ0) is 21.3. The van der Waals surface area contributed by atoms with Crippen LogP contribution in [0.4, 0.5) is 13.2 Å². The highest BCUT2D eigenvalue weighted by atomic mass is 19.4. The molecule has 158 valence electrons. The summed E-state index contributed by atoms with van der Waals surface area (Å²) in [6.45, 7) is 0.198. The van der Waals surface area contributed by atoms with Crippen molar-refractivity contribution in [2.24, 2.45) is 5.92 Å². The van der Waals surface area contributed by atoms with E-state index < -0.39 is 22.8 Å². The van der Waals surface area contributed by atoms with Crippen molar-refractivity contribution in [1.82, 2.24) is 19.5 Å². The second kappa shape index (κ2) is 8.04. The Kier molecular flexibility index (Phi) is 5.44. The summed E-state index contributed by atoms with van der Waals surface area (Å²) in [7, 11) is 0. The minimum absolute atomic E-state index is 0.0562. The zero-order valence-corrected chi connectivity index (χ0v) is 16.2. The molecule has 1 fully saturated rings. The van der Waals surface area contributed by atoms with Gasteiger partial charge in [-0.2, -0.15) is 13.2 Å². The third-order valence-electron chi connectivity index (χ3n) is 5.62. The Labute approximate surface area is 170 Å². The van der Waals surface area contributed by atoms with E-state index in [0.29, 0.717) is 12.3 Å². The van der Waals surface area contributed by atoms with Gasteiger partial charge >= 0.3 is 6.18 Å². The van der Waals surface area contributed by atoms with Gasteiger partial charge in [0.25, 0.3) is 5.56 Å². The fourth-order valence-corrected chi connectivity index (χ4v) is 4.12. The lowest BCUT2D eigenvalue weighted by Crippen LogP contribution is -2.27. The standard InChI is InChI=1S/C21H21F3N4O2/c22-21(23,24)18-16-14(8-11-26-18)27-19(17-15(29)7-4-10-25-17)28(20(16)30)12-9-13-5-2-1-3-6-13/h4,7-8,10-11,13,29H,1-3,5-6,9,12H2. The Morgan fingerprint density at radius 3 is 2.57 bits per heavy atom. The summed E-state index contributed by atoms with van der Waals surface area (Å²) in [6.07, 6.45) is 3.77. The maximum atomic E-state index is 13.5. The lowest BCUT2D eigenvalue weighted by Gasteiger charge is -2.22. The smallest absolute Gasteiger partial charge is 0.434 e. The molecule has 0 atom stereocenters. The molecule has 3 aromatic rings. The molecule has 0 aromatic carbocycles. The highest BCUT2D eigenvalue weighted by Crippen LogP contribution is 2.33. The van der Waals surface area contributed by atoms with E-state index in [4.69, 9.17) is 0 Å². The van der Waals surface area contributed by atoms with Crippen molar-refractivity contribution in [2.45, 2.75) is 51.2 Å². The third-order valence-corrected chi connectivity index (χ3v) is 5.62. The number of halogens is 3. The Hall–Kier alpha value is -2.97. The van der Waals surface area contributed by atoms with E-state index in [1.165, 1.54) is 35.4 Å². The first-order chi connectivity index (χ1) is 14.4. The molecule has 1 saturated carbocycles. The molecule has 3 heterocycles. The monoisotopic (exact) mass is 418 g/mol. The van der Waals surface area contributed by atoms with Gasteiger partial charge in [-0.1, -0.05) is 32.1 Å². The fraction of sp³-hybridized carbons (Fsp3) is 0.429. The van der Waals surface area contributed by atoms with Crippen molar-refractivity contribution in [3.63, 3.8) is 0 Å². The molecule has 1 aliphatic rings. The van der Waals surface area contributed by atoms with Crippen LogP contribution in [-0.4, -0.2) is 24.6 Å². The van der Waals surface area contributed by atoms with Gasteiger partial charge < -0.3 is 5.11 Å². The number of nitrogens with zero attached hydrogens (tertiary/aromatic N) is 4. The molecule has 0 radical (unpaired) electrons. The van der Waals surface area contributed by atoms with Crippen LogP contribution >= 0.6 is 0 Å². The molecule has 6 nitrogen and oxygen atoms in total. The van der Waals surface area contributed by atoms with Crippen molar-refractivity contribution >= 4 is 10.9 Å². The van der Waals surface area contributed by atoms with E-state index in [2.05, 4.69) is 15.0 Å². The summed E-state index contributed by atoms with van der Waals surface area (Å²) >= 11 is 0. The van der Waals surface area contributed by atoms with Crippen LogP contribution in [0.15, 0.2) is 35.4 Å². The van der Waals surface area contributed by atoms with Gasteiger partial charge in [0.05, 0.1) is 10.9 Å². The lowest BCUT2D eigenvalue weighted by atomic mass is 9.87. The summed E-state index contributed by atoms with van der Waals surface area (Å²) in [5.74, 6) is 0.267. The molecule has 1 N–H and O–H groups in total. The molecule has 9 heteroatoms. The average molecular weight is 418 g/mol. The van der Waals surface area contributed by atoms with Crippen molar-refractivity contribution in [3.05, 3.63) is 46.6 Å². The Morgan fingerprint density at radius 1 is 1.10 bits per heavy atom. The van der Waals surface area contributed by atoms with Crippen LogP contribution in [0.2, 0.25) is 0 Å². The molecule has 1 aliphatic carbocycles. The quantitative estimate of drug-likeness (QED) is 0.672. The number of aromatic nitrogens is 4. The summed E-state index contributed by atoms with van der Waals surface area (Å²) in [5, 5.41) is 9.68. The fourth-order valence-electron chi connectivity index (χ4n) is 4.12. The van der Waals surface area contributed by atoms with Gasteiger partial charge in [0.1, 0.15) is 11.4 Å². The first-order valence-corrected chi connectivity index (χ1v) is 9.97. The molecule has 30 heavy (non-hydrogen) atoms. The van der Waals surface area contributed by atoms with Crippen molar-refractivity contribution in [1.29, 1.82) is 0 Å². The topological polar surface area (TPSA) is 80.9 Å². The van der Waals surface area contributed by atoms with Crippen LogP contribution < -0.4 is 5.56 Å². The van der Waals surface area contributed by atoms with E-state index in [0.717, 1.165) is 31.9 Å². The van der Waals surface area contributed by atoms with Gasteiger partial charge in [0.2, 0.25) is 0 Å². The number of pyridine rings is 2. The van der Waals surface area contributed by atoms with Crippen LogP contribution in [-0.2, 0) is 12.7 Å². The molecule has 4 rings (SSSR count). The molecular weight excluding hydrogens is 397 g/mol. The second-order valence-corrected chi connectivity index (χ2v) is 7.61. The molecule has 3 aromatic heterocycles. The minimum Gasteiger partial charge on any atom is -0.506 e. The Balaban J connectivity index is 1.90. The van der Waals surface area contributed by atoms with Crippen LogP contribution in [0, 0.1) is 5.92 Å². The van der Waals surface area contributed by atoms with E-state index in [9.17, 15) is 23.1 Å². The molecule has 0 aliphatic heterocycles. The average Bonchev–Trinajstić information content (AvgIpc) is 2.73. The van der Waals surface area contributed by atoms with Crippen LogP contribution in [0.5, 0.6) is 5.75 Å². The summed E-state index contributed by atoms with van der Waals surface area (Å²) in [4.78, 5) is 25.1. The highest BCUT2D eigenvalue weighted by molar-refractivity contribution is 5.82. The van der Waals surface area contributed by atoms with Gasteiger partial charge in [-0.25, -0.2) is 9.97 Å². The van der Waals surface area contributed by atoms with Gasteiger partial charge in [0.15, 0.2) is 11.5 Å². The minimum atomic E-state index is -4.78. The van der Waals surface area contributed by atoms with Gasteiger partial charge in [-0.15, -0.1) is 0 Å². The lowest BCUT2D eigenvalue weighted by molar-refractivity contribution is -0.139. The first-order valence-electron chi connectivity index (χ1n) is 9.97. The predicted molar refractivity (Wildman–Crippen MR) is 105 cm³/mol. The molecule has 0 amide bonds. The molecule has 0 unspecified atom stereocenters. The number of hydrogen-bond acceptors (Lipinski definition) is 5. The normalized spacial score (nSPS) is 15.6. The Morgan fingerprint density at radius 2 is 1.87 bits per heavy atom. The molecule has 0 saturated heterocycles. The Bertz CT molecular complexity index is 1120. The van der Waals surface area contributed by atoms with Crippen molar-refractivity contribution in [2.75, 3.05) is 0 Å². The van der Waals surface area contributed by atoms with Crippen LogP contribution in [0.3, 0.4) is 0 Å². The van der Waals surface area contributed by atoms with Crippen molar-refractivity contribution in [3.8, 4) is 17.3 Å². The van der Waals surface area contributed by atoms with Gasteiger partial charge in [-0.05, 0) is 30.5 Å². The summed E-state index contributed by atoms with van der Waals surface area (Å²) < 4.78 is 41.7. The van der Waals surface area contributed by atoms with Gasteiger partial charge in [0, 0.05) is 18.9 Å². The number of hydrogen-bond donors (Lipinski definition) is 1. The largest absolute Gasteiger partial charge is 0.506 e. The third kappa shape index (κ3) is 3.88. The number of aromatic hydroxyl groups is 1. The molecule has 0 bridgehead atoms. The maximum absolute atomic E-state index is 13.5. The summed E-state index contributed by atoms with van der Waals surface area (Å²) in [6, 6.07) is 4.19. The molecule has 0 spiro atoms. The van der Waals surface area contributed by atoms with Crippen LogP contribution in [0.25, 0.3) is 22.4 Å². The first kappa shape index (κ1) is 20.3. The SMILES string of the molecule is O=c1c2c(C(F)(F)F)nccc2nc(-c2ncccc2O)n1CCC1CCCCC1. The molecular formula is C21H21F3N4O2. The van der Waals surface area contributed by atoms with E-state index in [-0.39, 0.29) is 29.3 Å². The predicted octanol–water partition coefficient (Wildman–Crippen LogP) is 4.55. The maximum Gasteiger partial charge on any atom is 0.434 e. The number of rotatable bonds is 4. The second-order valence-electron chi connectivity index (χ2n) is 7.61. The zero-order valence-electron chi connectivity index (χ0n) is 16.2. The number of alkyl halides is 3. The summed E-state index contributed by atoms with van der Waals surface area (Å²) in [5.41, 5.74) is -2.14. The number of fused-ring (bicyclic) bond motifs is 1.